The third kappa shape index (κ3) is 27.6. The summed E-state index contributed by atoms with van der Waals surface area (Å²) in [5.74, 6) is 0. The zero-order valence-corrected chi connectivity index (χ0v) is 9.31. The van der Waals surface area contributed by atoms with E-state index in [2.05, 4.69) is 5.73 Å². The second-order valence-electron chi connectivity index (χ2n) is 0. The van der Waals surface area contributed by atoms with Crippen molar-refractivity contribution in [1.82, 2.24) is 0 Å². The van der Waals surface area contributed by atoms with Crippen molar-refractivity contribution in [3.05, 3.63) is 0 Å². The van der Waals surface area contributed by atoms with Crippen LogP contribution in [0.5, 0.6) is 0 Å². The number of nitrogens with two attached hydrogens (primary N) is 1. The Kier molecular flexibility index (Phi) is 271. The summed E-state index contributed by atoms with van der Waals surface area (Å²) in [6.45, 7) is 0. The Bertz CT molecular complexity index is 11.6. The molecular weight excluding hydrogens is 349 g/mol. The van der Waals surface area contributed by atoms with E-state index in [-0.39, 0.29) is 56.7 Å². The predicted molar refractivity (Wildman–Crippen MR) is 33.4 cm³/mol. The van der Waals surface area contributed by atoms with Crippen LogP contribution in [0.3, 0.4) is 0 Å². The monoisotopic (exact) mass is 355 g/mol. The van der Waals surface area contributed by atoms with Crippen LogP contribution in [-0.4, -0.2) is 34.3 Å². The second-order valence-corrected chi connectivity index (χ2v) is 0. The Morgan fingerprint density at radius 3 is 1.20 bits per heavy atom. The minimum absolute atomic E-state index is 0. The number of rotatable bonds is 0. The summed E-state index contributed by atoms with van der Waals surface area (Å²) in [5, 5.41) is 0. The summed E-state index contributed by atoms with van der Waals surface area (Å²) in [5.41, 5.74) is 4.50. The van der Waals surface area contributed by atoms with Gasteiger partial charge in [-0.3, -0.25) is 0 Å². The van der Waals surface area contributed by atoms with Crippen LogP contribution in [-0.2, 0) is 0 Å². The molecule has 0 fully saturated rings. The SMILES string of the molecule is Br.CN.Cl.[Pb]. The quantitative estimate of drug-likeness (QED) is 0.617. The molecule has 0 saturated heterocycles. The molecule has 0 aliphatic rings. The van der Waals surface area contributed by atoms with E-state index < -0.39 is 0 Å². The van der Waals surface area contributed by atoms with Gasteiger partial charge in [0.1, 0.15) is 0 Å². The third-order valence-electron chi connectivity index (χ3n) is 0. The average molecular weight is 356 g/mol. The number of hydrogen-bond acceptors (Lipinski definition) is 1. The molecule has 0 unspecified atom stereocenters. The minimum Gasteiger partial charge on any atom is -0.333 e. The fourth-order valence-corrected chi connectivity index (χ4v) is 0. The summed E-state index contributed by atoms with van der Waals surface area (Å²) in [6, 6.07) is 0. The van der Waals surface area contributed by atoms with Gasteiger partial charge in [0, 0.05) is 27.3 Å². The van der Waals surface area contributed by atoms with E-state index in [1.165, 1.54) is 7.05 Å². The van der Waals surface area contributed by atoms with Crippen LogP contribution >= 0.6 is 29.4 Å². The van der Waals surface area contributed by atoms with Crippen LogP contribution in [0.2, 0.25) is 0 Å². The van der Waals surface area contributed by atoms with E-state index in [9.17, 15) is 0 Å². The van der Waals surface area contributed by atoms with Gasteiger partial charge in [-0.2, -0.15) is 0 Å². The molecular formula is CH7BrClNPb. The van der Waals surface area contributed by atoms with E-state index in [1.54, 1.807) is 0 Å². The summed E-state index contributed by atoms with van der Waals surface area (Å²) >= 11 is 0. The summed E-state index contributed by atoms with van der Waals surface area (Å²) in [4.78, 5) is 0. The van der Waals surface area contributed by atoms with E-state index in [0.717, 1.165) is 0 Å². The molecule has 4 heteroatoms. The van der Waals surface area contributed by atoms with Crippen molar-refractivity contribution >= 4 is 56.7 Å². The molecule has 0 atom stereocenters. The average Bonchev–Trinajstić information content (AvgIpc) is 1.00. The zero-order chi connectivity index (χ0) is 2.00. The molecule has 1 nitrogen and oxygen atoms in total. The molecule has 0 saturated carbocycles. The molecule has 0 aliphatic carbocycles. The molecule has 0 heterocycles. The molecule has 0 aromatic heterocycles. The van der Waals surface area contributed by atoms with Crippen molar-refractivity contribution in [1.29, 1.82) is 0 Å². The predicted octanol–water partition coefficient (Wildman–Crippen LogP) is 0.194. The van der Waals surface area contributed by atoms with Crippen LogP contribution in [0.1, 0.15) is 0 Å². The molecule has 5 heavy (non-hydrogen) atoms. The van der Waals surface area contributed by atoms with Crippen molar-refractivity contribution in [3.63, 3.8) is 0 Å². The van der Waals surface area contributed by atoms with Gasteiger partial charge in [-0.05, 0) is 7.05 Å². The standard InChI is InChI=1S/CH5N.BrH.ClH.Pb/c1-2;;;/h2H2,1H3;2*1H;. The topological polar surface area (TPSA) is 26.0 Å². The van der Waals surface area contributed by atoms with Gasteiger partial charge >= 0.3 is 0 Å². The fourth-order valence-electron chi connectivity index (χ4n) is 0. The Morgan fingerprint density at radius 1 is 1.20 bits per heavy atom. The molecule has 0 rings (SSSR count). The first-order chi connectivity index (χ1) is 1.00. The van der Waals surface area contributed by atoms with Crippen molar-refractivity contribution in [2.45, 2.75) is 0 Å². The largest absolute Gasteiger partial charge is 0.333 e. The third-order valence-corrected chi connectivity index (χ3v) is 0. The Morgan fingerprint density at radius 2 is 1.20 bits per heavy atom. The summed E-state index contributed by atoms with van der Waals surface area (Å²) in [6.07, 6.45) is 0. The number of halogens is 2. The zero-order valence-electron chi connectivity index (χ0n) is 2.89. The van der Waals surface area contributed by atoms with Crippen molar-refractivity contribution in [2.75, 3.05) is 7.05 Å². The normalized spacial score (nSPS) is 1.20. The van der Waals surface area contributed by atoms with E-state index in [1.807, 2.05) is 0 Å². The molecule has 34 valence electrons. The summed E-state index contributed by atoms with van der Waals surface area (Å²) < 4.78 is 0. The molecule has 0 bridgehead atoms. The maximum absolute atomic E-state index is 4.50. The van der Waals surface area contributed by atoms with Gasteiger partial charge in [0.25, 0.3) is 0 Å². The van der Waals surface area contributed by atoms with Gasteiger partial charge in [0.05, 0.1) is 0 Å². The molecule has 0 aliphatic heterocycles. The Labute approximate surface area is 69.0 Å². The van der Waals surface area contributed by atoms with E-state index in [4.69, 9.17) is 0 Å². The number of hydrogen-bond donors (Lipinski definition) is 1. The van der Waals surface area contributed by atoms with Gasteiger partial charge < -0.3 is 5.73 Å². The van der Waals surface area contributed by atoms with Crippen LogP contribution in [0, 0.1) is 0 Å². The first kappa shape index (κ1) is 30.2. The smallest absolute Gasteiger partial charge is 0 e. The van der Waals surface area contributed by atoms with Crippen molar-refractivity contribution < 1.29 is 0 Å². The van der Waals surface area contributed by atoms with Crippen LogP contribution in [0.4, 0.5) is 0 Å². The van der Waals surface area contributed by atoms with Crippen LogP contribution < -0.4 is 5.73 Å². The molecule has 0 spiro atoms. The van der Waals surface area contributed by atoms with Gasteiger partial charge in [-0.25, -0.2) is 0 Å². The molecule has 4 radical (unpaired) electrons. The maximum atomic E-state index is 4.50. The van der Waals surface area contributed by atoms with Gasteiger partial charge in [-0.1, -0.05) is 0 Å². The Hall–Kier alpha value is 1.65. The first-order valence-electron chi connectivity index (χ1n) is 0.577. The van der Waals surface area contributed by atoms with Gasteiger partial charge in [-0.15, -0.1) is 29.4 Å². The fraction of sp³-hybridized carbons (Fsp3) is 1.00. The first-order valence-corrected chi connectivity index (χ1v) is 0.577. The molecule has 0 amide bonds. The summed E-state index contributed by atoms with van der Waals surface area (Å²) in [7, 11) is 1.50. The molecule has 2 N–H and O–H groups in total. The van der Waals surface area contributed by atoms with E-state index >= 15 is 0 Å². The van der Waals surface area contributed by atoms with Gasteiger partial charge in [0.15, 0.2) is 0 Å². The van der Waals surface area contributed by atoms with Crippen molar-refractivity contribution in [3.8, 4) is 0 Å². The van der Waals surface area contributed by atoms with Crippen molar-refractivity contribution in [2.24, 2.45) is 5.73 Å². The maximum Gasteiger partial charge on any atom is 0 e. The Balaban J connectivity index is -0.00000000167. The van der Waals surface area contributed by atoms with Crippen LogP contribution in [0.25, 0.3) is 0 Å². The molecule has 0 aromatic rings. The van der Waals surface area contributed by atoms with Crippen LogP contribution in [0.15, 0.2) is 0 Å². The molecule has 0 aromatic carbocycles. The second kappa shape index (κ2) is 44.8. The van der Waals surface area contributed by atoms with E-state index in [0.29, 0.717) is 0 Å². The van der Waals surface area contributed by atoms with Gasteiger partial charge in [0.2, 0.25) is 0 Å². The minimum atomic E-state index is 0.